The first kappa shape index (κ1) is 19.3. The molecule has 1 heteroatoms. The summed E-state index contributed by atoms with van der Waals surface area (Å²) < 4.78 is 0. The second-order valence-electron chi connectivity index (χ2n) is 8.10. The highest BCUT2D eigenvalue weighted by atomic mass is 16.3. The molecule has 0 aromatic heterocycles. The van der Waals surface area contributed by atoms with Gasteiger partial charge in [0.05, 0.1) is 0 Å². The van der Waals surface area contributed by atoms with Crippen molar-refractivity contribution in [1.82, 2.24) is 0 Å². The Hall–Kier alpha value is -1.76. The van der Waals surface area contributed by atoms with Crippen LogP contribution in [-0.2, 0) is 16.2 Å². The van der Waals surface area contributed by atoms with Crippen LogP contribution in [0.3, 0.4) is 0 Å². The summed E-state index contributed by atoms with van der Waals surface area (Å²) in [6.07, 6.45) is 5.75. The standard InChI is InChI=1S/C22H32O/c1-11-20(5,6)16-14-17(21(7,8)12-2)18(19(23)15(16)4)22(9,10)13-3/h11-14,23H,1-3H2,4-10H3. The van der Waals surface area contributed by atoms with Crippen LogP contribution in [0.4, 0.5) is 0 Å². The van der Waals surface area contributed by atoms with Crippen molar-refractivity contribution in [2.24, 2.45) is 0 Å². The maximum absolute atomic E-state index is 11.0. The second kappa shape index (κ2) is 6.03. The van der Waals surface area contributed by atoms with Gasteiger partial charge in [0.15, 0.2) is 0 Å². The molecule has 1 N–H and O–H groups in total. The van der Waals surface area contributed by atoms with Gasteiger partial charge in [0.2, 0.25) is 0 Å². The molecule has 0 saturated heterocycles. The monoisotopic (exact) mass is 312 g/mol. The first-order valence-corrected chi connectivity index (χ1v) is 8.14. The van der Waals surface area contributed by atoms with Crippen LogP contribution >= 0.6 is 0 Å². The molecule has 0 amide bonds. The molecule has 0 aliphatic carbocycles. The predicted octanol–water partition coefficient (Wildman–Crippen LogP) is 6.09. The molecule has 0 heterocycles. The summed E-state index contributed by atoms with van der Waals surface area (Å²) in [7, 11) is 0. The molecule has 0 radical (unpaired) electrons. The Kier molecular flexibility index (Phi) is 5.06. The third-order valence-corrected chi connectivity index (χ3v) is 5.12. The van der Waals surface area contributed by atoms with Gasteiger partial charge in [-0.25, -0.2) is 0 Å². The second-order valence-corrected chi connectivity index (χ2v) is 8.10. The molecule has 1 rings (SSSR count). The molecule has 0 unspecified atom stereocenters. The molecule has 0 spiro atoms. The van der Waals surface area contributed by atoms with Crippen LogP contribution in [0.5, 0.6) is 5.75 Å². The van der Waals surface area contributed by atoms with E-state index in [4.69, 9.17) is 0 Å². The number of allylic oxidation sites excluding steroid dienone is 3. The first-order chi connectivity index (χ1) is 10.4. The zero-order valence-electron chi connectivity index (χ0n) is 15.9. The largest absolute Gasteiger partial charge is 0.507 e. The zero-order chi connectivity index (χ0) is 18.2. The van der Waals surface area contributed by atoms with Crippen molar-refractivity contribution in [3.63, 3.8) is 0 Å². The van der Waals surface area contributed by atoms with Gasteiger partial charge in [-0.2, -0.15) is 0 Å². The molecule has 23 heavy (non-hydrogen) atoms. The van der Waals surface area contributed by atoms with E-state index in [1.54, 1.807) is 0 Å². The number of hydrogen-bond donors (Lipinski definition) is 1. The Bertz CT molecular complexity index is 642. The molecule has 0 atom stereocenters. The molecule has 0 aliphatic heterocycles. The quantitative estimate of drug-likeness (QED) is 0.630. The molecule has 1 nitrogen and oxygen atoms in total. The Morgan fingerprint density at radius 2 is 1.17 bits per heavy atom. The molecule has 0 bridgehead atoms. The van der Waals surface area contributed by atoms with E-state index in [1.807, 2.05) is 25.2 Å². The molecule has 1 aromatic rings. The minimum absolute atomic E-state index is 0.218. The minimum Gasteiger partial charge on any atom is -0.507 e. The molecule has 0 saturated carbocycles. The highest BCUT2D eigenvalue weighted by Gasteiger charge is 2.34. The fraction of sp³-hybridized carbons (Fsp3) is 0.455. The van der Waals surface area contributed by atoms with Crippen molar-refractivity contribution in [2.75, 3.05) is 0 Å². The van der Waals surface area contributed by atoms with E-state index in [-0.39, 0.29) is 16.2 Å². The fourth-order valence-electron chi connectivity index (χ4n) is 2.92. The van der Waals surface area contributed by atoms with Crippen molar-refractivity contribution >= 4 is 0 Å². The van der Waals surface area contributed by atoms with Crippen LogP contribution in [0.25, 0.3) is 0 Å². The number of rotatable bonds is 6. The van der Waals surface area contributed by atoms with Crippen LogP contribution in [0.1, 0.15) is 63.8 Å². The Balaban J connectivity index is 4.01. The van der Waals surface area contributed by atoms with E-state index in [1.165, 1.54) is 0 Å². The van der Waals surface area contributed by atoms with Crippen molar-refractivity contribution in [3.8, 4) is 5.75 Å². The van der Waals surface area contributed by atoms with Gasteiger partial charge < -0.3 is 5.11 Å². The summed E-state index contributed by atoms with van der Waals surface area (Å²) in [6.45, 7) is 26.5. The molecule has 0 fully saturated rings. The minimum atomic E-state index is -0.332. The third-order valence-electron chi connectivity index (χ3n) is 5.12. The summed E-state index contributed by atoms with van der Waals surface area (Å²) in [4.78, 5) is 0. The van der Waals surface area contributed by atoms with Crippen LogP contribution < -0.4 is 0 Å². The molecular weight excluding hydrogens is 280 g/mol. The first-order valence-electron chi connectivity index (χ1n) is 8.14. The zero-order valence-corrected chi connectivity index (χ0v) is 15.9. The summed E-state index contributed by atoms with van der Waals surface area (Å²) in [6, 6.07) is 2.21. The van der Waals surface area contributed by atoms with E-state index < -0.39 is 0 Å². The summed E-state index contributed by atoms with van der Waals surface area (Å²) in [5, 5.41) is 11.0. The number of hydrogen-bond acceptors (Lipinski definition) is 1. The van der Waals surface area contributed by atoms with Gasteiger partial charge in [0, 0.05) is 21.8 Å². The van der Waals surface area contributed by atoms with Crippen LogP contribution in [-0.4, -0.2) is 5.11 Å². The molecule has 1 aromatic carbocycles. The maximum atomic E-state index is 11.0. The fourth-order valence-corrected chi connectivity index (χ4v) is 2.92. The van der Waals surface area contributed by atoms with E-state index in [0.29, 0.717) is 5.75 Å². The van der Waals surface area contributed by atoms with Crippen molar-refractivity contribution in [3.05, 3.63) is 66.3 Å². The Morgan fingerprint density at radius 3 is 1.57 bits per heavy atom. The van der Waals surface area contributed by atoms with Crippen LogP contribution in [0.2, 0.25) is 0 Å². The van der Waals surface area contributed by atoms with Crippen LogP contribution in [0, 0.1) is 6.92 Å². The number of phenols is 1. The van der Waals surface area contributed by atoms with Gasteiger partial charge in [0.25, 0.3) is 0 Å². The number of benzene rings is 1. The molecule has 0 aliphatic rings. The van der Waals surface area contributed by atoms with E-state index >= 15 is 0 Å². The van der Waals surface area contributed by atoms with Crippen molar-refractivity contribution in [1.29, 1.82) is 0 Å². The van der Waals surface area contributed by atoms with Gasteiger partial charge in [-0.1, -0.05) is 65.8 Å². The topological polar surface area (TPSA) is 20.2 Å². The summed E-state index contributed by atoms with van der Waals surface area (Å²) in [5.74, 6) is 0.354. The number of phenolic OH excluding ortho intramolecular Hbond substituents is 1. The van der Waals surface area contributed by atoms with Gasteiger partial charge in [0.1, 0.15) is 5.75 Å². The smallest absolute Gasteiger partial charge is 0.123 e. The lowest BCUT2D eigenvalue weighted by Gasteiger charge is -2.35. The molecule has 126 valence electrons. The van der Waals surface area contributed by atoms with Crippen molar-refractivity contribution < 1.29 is 5.11 Å². The molecular formula is C22H32O. The summed E-state index contributed by atoms with van der Waals surface area (Å²) >= 11 is 0. The third kappa shape index (κ3) is 3.29. The Labute approximate surface area is 142 Å². The SMILES string of the molecule is C=CC(C)(C)c1cc(C(C)(C)C=C)c(C(C)(C)C=C)c(O)c1C. The van der Waals surface area contributed by atoms with Gasteiger partial charge in [-0.05, 0) is 23.6 Å². The lowest BCUT2D eigenvalue weighted by atomic mass is 9.69. The Morgan fingerprint density at radius 1 is 0.783 bits per heavy atom. The lowest BCUT2D eigenvalue weighted by molar-refractivity contribution is 0.441. The maximum Gasteiger partial charge on any atom is 0.123 e. The van der Waals surface area contributed by atoms with E-state index in [0.717, 1.165) is 22.3 Å². The highest BCUT2D eigenvalue weighted by molar-refractivity contribution is 5.59. The van der Waals surface area contributed by atoms with Gasteiger partial charge in [-0.3, -0.25) is 0 Å². The van der Waals surface area contributed by atoms with E-state index in [2.05, 4.69) is 67.3 Å². The normalized spacial score (nSPS) is 12.8. The van der Waals surface area contributed by atoms with Crippen LogP contribution in [0.15, 0.2) is 44.0 Å². The van der Waals surface area contributed by atoms with E-state index in [9.17, 15) is 5.11 Å². The average molecular weight is 312 g/mol. The highest BCUT2D eigenvalue weighted by Crippen LogP contribution is 2.45. The average Bonchev–Trinajstić information content (AvgIpc) is 2.48. The van der Waals surface area contributed by atoms with Crippen molar-refractivity contribution in [2.45, 2.75) is 64.7 Å². The summed E-state index contributed by atoms with van der Waals surface area (Å²) in [5.41, 5.74) is 3.21. The predicted molar refractivity (Wildman–Crippen MR) is 103 cm³/mol. The van der Waals surface area contributed by atoms with Gasteiger partial charge >= 0.3 is 0 Å². The number of aromatic hydroxyl groups is 1. The lowest BCUT2D eigenvalue weighted by Crippen LogP contribution is -2.26. The van der Waals surface area contributed by atoms with Gasteiger partial charge in [-0.15, -0.1) is 19.7 Å².